The number of likely N-dealkylation sites (N-methyl/N-ethyl adjacent to an activating group) is 2. The minimum absolute atomic E-state index is 0.242. The zero-order chi connectivity index (χ0) is 15.2. The van der Waals surface area contributed by atoms with Crippen LogP contribution >= 0.6 is 0 Å². The highest BCUT2D eigenvalue weighted by Crippen LogP contribution is 2.24. The summed E-state index contributed by atoms with van der Waals surface area (Å²) in [5, 5.41) is 4.73. The van der Waals surface area contributed by atoms with E-state index < -0.39 is 0 Å². The molecular formula is C18H28N2O. The van der Waals surface area contributed by atoms with Crippen molar-refractivity contribution in [1.82, 2.24) is 10.2 Å². The molecule has 1 heterocycles. The van der Waals surface area contributed by atoms with E-state index in [1.165, 1.54) is 18.2 Å². The molecule has 0 spiro atoms. The normalized spacial score (nSPS) is 14.7. The predicted octanol–water partition coefficient (Wildman–Crippen LogP) is 4.20. The number of hydrogen-bond donors (Lipinski definition) is 1. The molecule has 116 valence electrons. The van der Waals surface area contributed by atoms with Gasteiger partial charge in [0.25, 0.3) is 0 Å². The van der Waals surface area contributed by atoms with Gasteiger partial charge in [-0.25, -0.2) is 0 Å². The second kappa shape index (κ2) is 7.62. The van der Waals surface area contributed by atoms with Gasteiger partial charge in [-0.2, -0.15) is 0 Å². The molecule has 2 rings (SSSR count). The number of para-hydroxylation sites is 1. The number of fused-ring (bicyclic) bond motifs is 1. The van der Waals surface area contributed by atoms with Crippen molar-refractivity contribution in [1.29, 1.82) is 0 Å². The van der Waals surface area contributed by atoms with Crippen LogP contribution < -0.4 is 5.32 Å². The number of nitrogens with one attached hydrogen (secondary N) is 1. The molecule has 0 saturated carbocycles. The van der Waals surface area contributed by atoms with Gasteiger partial charge < -0.3 is 14.6 Å². The first kappa shape index (κ1) is 16.1. The Morgan fingerprint density at radius 2 is 2.00 bits per heavy atom. The van der Waals surface area contributed by atoms with E-state index in [0.29, 0.717) is 6.04 Å². The van der Waals surface area contributed by atoms with Crippen molar-refractivity contribution in [2.24, 2.45) is 0 Å². The molecule has 3 nitrogen and oxygen atoms in total. The average molecular weight is 288 g/mol. The summed E-state index contributed by atoms with van der Waals surface area (Å²) in [5.41, 5.74) is 0.972. The first-order chi connectivity index (χ1) is 10.2. The molecule has 21 heavy (non-hydrogen) atoms. The molecule has 0 aliphatic carbocycles. The lowest BCUT2D eigenvalue weighted by Crippen LogP contribution is -2.37. The molecule has 0 amide bonds. The molecular weight excluding hydrogens is 260 g/mol. The van der Waals surface area contributed by atoms with Crippen LogP contribution in [0.2, 0.25) is 0 Å². The number of hydrogen-bond acceptors (Lipinski definition) is 3. The van der Waals surface area contributed by atoms with Crippen LogP contribution in [0.15, 0.2) is 34.7 Å². The summed E-state index contributed by atoms with van der Waals surface area (Å²) >= 11 is 0. The second-order valence-corrected chi connectivity index (χ2v) is 5.87. The summed E-state index contributed by atoms with van der Waals surface area (Å²) in [4.78, 5) is 2.42. The zero-order valence-electron chi connectivity index (χ0n) is 13.7. The zero-order valence-corrected chi connectivity index (χ0v) is 13.7. The molecule has 2 atom stereocenters. The summed E-state index contributed by atoms with van der Waals surface area (Å²) < 4.78 is 6.03. The number of benzene rings is 1. The molecule has 3 heteroatoms. The Hall–Kier alpha value is -1.32. The van der Waals surface area contributed by atoms with E-state index in [1.54, 1.807) is 0 Å². The summed E-state index contributed by atoms with van der Waals surface area (Å²) in [5.74, 6) is 1.04. The van der Waals surface area contributed by atoms with E-state index in [9.17, 15) is 0 Å². The Morgan fingerprint density at radius 3 is 2.67 bits per heavy atom. The average Bonchev–Trinajstić information content (AvgIpc) is 2.90. The number of nitrogens with zero attached hydrogens (tertiary/aromatic N) is 1. The quantitative estimate of drug-likeness (QED) is 0.789. The fourth-order valence-corrected chi connectivity index (χ4v) is 2.78. The van der Waals surface area contributed by atoms with E-state index in [0.717, 1.165) is 24.4 Å². The van der Waals surface area contributed by atoms with Gasteiger partial charge in [-0.3, -0.25) is 0 Å². The van der Waals surface area contributed by atoms with Crippen molar-refractivity contribution in [2.45, 2.75) is 45.7 Å². The van der Waals surface area contributed by atoms with Crippen LogP contribution in [0.4, 0.5) is 0 Å². The van der Waals surface area contributed by atoms with Gasteiger partial charge in [-0.15, -0.1) is 0 Å². The lowest BCUT2D eigenvalue weighted by molar-refractivity contribution is 0.210. The maximum absolute atomic E-state index is 6.03. The van der Waals surface area contributed by atoms with Gasteiger partial charge in [-0.05, 0) is 39.1 Å². The Morgan fingerprint density at radius 1 is 1.24 bits per heavy atom. The maximum Gasteiger partial charge on any atom is 0.134 e. The van der Waals surface area contributed by atoms with Crippen molar-refractivity contribution in [3.05, 3.63) is 36.1 Å². The molecule has 0 radical (unpaired) electrons. The fourth-order valence-electron chi connectivity index (χ4n) is 2.78. The molecule has 0 aliphatic heterocycles. The molecule has 2 aromatic rings. The van der Waals surface area contributed by atoms with Gasteiger partial charge in [0.05, 0.1) is 6.04 Å². The standard InChI is InChI=1S/C18H28N2O/c1-5-9-14(3)20(4)13-16(19-6-2)18-12-15-10-7-8-11-17(15)21-18/h7-8,10-12,14,16,19H,5-6,9,13H2,1-4H3. The van der Waals surface area contributed by atoms with Gasteiger partial charge in [0.1, 0.15) is 11.3 Å². The Balaban J connectivity index is 2.14. The van der Waals surface area contributed by atoms with Gasteiger partial charge in [0.2, 0.25) is 0 Å². The van der Waals surface area contributed by atoms with Gasteiger partial charge in [0, 0.05) is 18.0 Å². The topological polar surface area (TPSA) is 28.4 Å². The highest BCUT2D eigenvalue weighted by molar-refractivity contribution is 5.77. The summed E-state index contributed by atoms with van der Waals surface area (Å²) in [6.45, 7) is 8.59. The highest BCUT2D eigenvalue weighted by Gasteiger charge is 2.19. The van der Waals surface area contributed by atoms with Crippen molar-refractivity contribution >= 4 is 11.0 Å². The molecule has 0 saturated heterocycles. The smallest absolute Gasteiger partial charge is 0.134 e. The van der Waals surface area contributed by atoms with E-state index in [2.05, 4.69) is 56.2 Å². The van der Waals surface area contributed by atoms with E-state index in [4.69, 9.17) is 4.42 Å². The van der Waals surface area contributed by atoms with Gasteiger partial charge in [0.15, 0.2) is 0 Å². The summed E-state index contributed by atoms with van der Waals surface area (Å²) in [6, 6.07) is 11.2. The van der Waals surface area contributed by atoms with Crippen LogP contribution in [0.1, 0.15) is 45.4 Å². The summed E-state index contributed by atoms with van der Waals surface area (Å²) in [7, 11) is 2.20. The van der Waals surface area contributed by atoms with Crippen LogP contribution in [0.5, 0.6) is 0 Å². The molecule has 1 aromatic heterocycles. The van der Waals surface area contributed by atoms with Crippen LogP contribution in [0, 0.1) is 0 Å². The molecule has 1 N–H and O–H groups in total. The van der Waals surface area contributed by atoms with Crippen molar-refractivity contribution in [3.63, 3.8) is 0 Å². The van der Waals surface area contributed by atoms with Crippen molar-refractivity contribution < 1.29 is 4.42 Å². The molecule has 2 unspecified atom stereocenters. The molecule has 0 aliphatic rings. The van der Waals surface area contributed by atoms with Crippen LogP contribution in [0.25, 0.3) is 11.0 Å². The second-order valence-electron chi connectivity index (χ2n) is 5.87. The predicted molar refractivity (Wildman–Crippen MR) is 89.6 cm³/mol. The van der Waals surface area contributed by atoms with Crippen molar-refractivity contribution in [3.8, 4) is 0 Å². The third-order valence-electron chi connectivity index (χ3n) is 4.17. The minimum atomic E-state index is 0.242. The van der Waals surface area contributed by atoms with Crippen LogP contribution in [-0.2, 0) is 0 Å². The maximum atomic E-state index is 6.03. The third kappa shape index (κ3) is 4.08. The largest absolute Gasteiger partial charge is 0.459 e. The highest BCUT2D eigenvalue weighted by atomic mass is 16.3. The molecule has 0 bridgehead atoms. The first-order valence-electron chi connectivity index (χ1n) is 8.07. The fraction of sp³-hybridized carbons (Fsp3) is 0.556. The van der Waals surface area contributed by atoms with Crippen LogP contribution in [0.3, 0.4) is 0 Å². The first-order valence-corrected chi connectivity index (χ1v) is 8.07. The van der Waals surface area contributed by atoms with E-state index >= 15 is 0 Å². The van der Waals surface area contributed by atoms with Crippen molar-refractivity contribution in [2.75, 3.05) is 20.1 Å². The lowest BCUT2D eigenvalue weighted by Gasteiger charge is -2.28. The number of rotatable bonds is 8. The van der Waals surface area contributed by atoms with Gasteiger partial charge >= 0.3 is 0 Å². The lowest BCUT2D eigenvalue weighted by atomic mass is 10.1. The molecule has 1 aromatic carbocycles. The monoisotopic (exact) mass is 288 g/mol. The number of furan rings is 1. The van der Waals surface area contributed by atoms with E-state index in [1.807, 2.05) is 12.1 Å². The van der Waals surface area contributed by atoms with E-state index in [-0.39, 0.29) is 6.04 Å². The Bertz CT molecular complexity index is 516. The SMILES string of the molecule is CCCC(C)N(C)CC(NCC)c1cc2ccccc2o1. The third-order valence-corrected chi connectivity index (χ3v) is 4.17. The molecule has 0 fully saturated rings. The Kier molecular flexibility index (Phi) is 5.83. The van der Waals surface area contributed by atoms with Crippen LogP contribution in [-0.4, -0.2) is 31.1 Å². The van der Waals surface area contributed by atoms with Gasteiger partial charge in [-0.1, -0.05) is 38.5 Å². The Labute approximate surface area is 128 Å². The summed E-state index contributed by atoms with van der Waals surface area (Å²) in [6.07, 6.45) is 2.46. The minimum Gasteiger partial charge on any atom is -0.459 e.